The van der Waals surface area contributed by atoms with E-state index in [4.69, 9.17) is 16.3 Å². The summed E-state index contributed by atoms with van der Waals surface area (Å²) in [6, 6.07) is 13.4. The molecule has 1 aliphatic rings. The van der Waals surface area contributed by atoms with Crippen molar-refractivity contribution in [1.29, 1.82) is 0 Å². The second-order valence-electron chi connectivity index (χ2n) is 6.30. The Morgan fingerprint density at radius 3 is 2.34 bits per heavy atom. The maximum Gasteiger partial charge on any atom is 0.338 e. The van der Waals surface area contributed by atoms with E-state index in [0.29, 0.717) is 23.5 Å². The minimum atomic E-state index is -0.622. The minimum Gasteiger partial charge on any atom is -0.462 e. The number of rotatable bonds is 7. The van der Waals surface area contributed by atoms with Crippen LogP contribution in [0.2, 0.25) is 0 Å². The highest BCUT2D eigenvalue weighted by Crippen LogP contribution is 2.30. The SMILES string of the molecule is CCCCOC(=O)c1ccc(N2C(=O)C(Cl)=C(Nc3ccc(I)cc3)C2=O)cc1. The highest BCUT2D eigenvalue weighted by atomic mass is 127. The quantitative estimate of drug-likeness (QED) is 0.246. The Morgan fingerprint density at radius 2 is 1.72 bits per heavy atom. The second kappa shape index (κ2) is 9.41. The van der Waals surface area contributed by atoms with Gasteiger partial charge in [-0.15, -0.1) is 0 Å². The van der Waals surface area contributed by atoms with Gasteiger partial charge in [0.05, 0.1) is 17.9 Å². The van der Waals surface area contributed by atoms with Crippen molar-refractivity contribution in [2.75, 3.05) is 16.8 Å². The van der Waals surface area contributed by atoms with Crippen molar-refractivity contribution in [3.63, 3.8) is 0 Å². The molecule has 2 aromatic rings. The fourth-order valence-corrected chi connectivity index (χ4v) is 3.23. The summed E-state index contributed by atoms with van der Waals surface area (Å²) in [5, 5.41) is 2.73. The fourth-order valence-electron chi connectivity index (χ4n) is 2.66. The first-order valence-electron chi connectivity index (χ1n) is 9.00. The lowest BCUT2D eigenvalue weighted by Crippen LogP contribution is -2.32. The van der Waals surface area contributed by atoms with Crippen LogP contribution in [0.4, 0.5) is 11.4 Å². The van der Waals surface area contributed by atoms with Gasteiger partial charge in [-0.3, -0.25) is 9.59 Å². The number of ether oxygens (including phenoxy) is 1. The van der Waals surface area contributed by atoms with Crippen LogP contribution in [0.1, 0.15) is 30.1 Å². The van der Waals surface area contributed by atoms with Crippen LogP contribution in [0.25, 0.3) is 0 Å². The van der Waals surface area contributed by atoms with Gasteiger partial charge >= 0.3 is 5.97 Å². The van der Waals surface area contributed by atoms with Crippen molar-refractivity contribution in [3.05, 3.63) is 68.4 Å². The smallest absolute Gasteiger partial charge is 0.338 e. The van der Waals surface area contributed by atoms with Gasteiger partial charge in [0.25, 0.3) is 11.8 Å². The fraction of sp³-hybridized carbons (Fsp3) is 0.190. The Bertz CT molecular complexity index is 971. The molecule has 1 N–H and O–H groups in total. The molecule has 2 amide bonds. The summed E-state index contributed by atoms with van der Waals surface area (Å²) in [5.41, 5.74) is 1.33. The van der Waals surface area contributed by atoms with Gasteiger partial charge < -0.3 is 10.1 Å². The number of benzene rings is 2. The number of carbonyl (C=O) groups excluding carboxylic acids is 3. The van der Waals surface area contributed by atoms with Gasteiger partial charge in [0.1, 0.15) is 10.7 Å². The summed E-state index contributed by atoms with van der Waals surface area (Å²) >= 11 is 8.30. The van der Waals surface area contributed by atoms with E-state index in [9.17, 15) is 14.4 Å². The maximum atomic E-state index is 12.8. The third-order valence-corrected chi connectivity index (χ3v) is 5.30. The Kier molecular flexibility index (Phi) is 6.92. The number of esters is 1. The molecule has 0 unspecified atom stereocenters. The summed E-state index contributed by atoms with van der Waals surface area (Å²) in [6.07, 6.45) is 1.72. The predicted octanol–water partition coefficient (Wildman–Crippen LogP) is 4.68. The zero-order chi connectivity index (χ0) is 21.0. The van der Waals surface area contributed by atoms with Gasteiger partial charge in [0.15, 0.2) is 0 Å². The molecule has 8 heteroatoms. The number of imide groups is 1. The van der Waals surface area contributed by atoms with Gasteiger partial charge in [-0.2, -0.15) is 0 Å². The third kappa shape index (κ3) is 4.79. The van der Waals surface area contributed by atoms with Crippen LogP contribution in [0.3, 0.4) is 0 Å². The normalized spacial score (nSPS) is 13.8. The molecule has 0 saturated carbocycles. The number of amides is 2. The number of anilines is 2. The summed E-state index contributed by atoms with van der Waals surface area (Å²) in [4.78, 5) is 38.3. The van der Waals surface area contributed by atoms with Crippen LogP contribution < -0.4 is 10.2 Å². The van der Waals surface area contributed by atoms with Gasteiger partial charge in [-0.05, 0) is 77.5 Å². The van der Waals surface area contributed by atoms with Crippen molar-refractivity contribution in [3.8, 4) is 0 Å². The van der Waals surface area contributed by atoms with E-state index in [1.807, 2.05) is 19.1 Å². The average molecular weight is 525 g/mol. The molecular weight excluding hydrogens is 507 g/mol. The van der Waals surface area contributed by atoms with Crippen molar-refractivity contribution in [1.82, 2.24) is 0 Å². The number of nitrogens with zero attached hydrogens (tertiary/aromatic N) is 1. The first-order chi connectivity index (χ1) is 13.9. The molecule has 6 nitrogen and oxygen atoms in total. The van der Waals surface area contributed by atoms with Crippen LogP contribution >= 0.6 is 34.2 Å². The van der Waals surface area contributed by atoms with E-state index in [1.54, 1.807) is 12.1 Å². The first kappa shape index (κ1) is 21.3. The average Bonchev–Trinajstić information content (AvgIpc) is 2.93. The molecule has 1 aliphatic heterocycles. The molecule has 0 saturated heterocycles. The van der Waals surface area contributed by atoms with Gasteiger partial charge in [-0.1, -0.05) is 24.9 Å². The lowest BCUT2D eigenvalue weighted by atomic mass is 10.2. The molecule has 150 valence electrons. The predicted molar refractivity (Wildman–Crippen MR) is 120 cm³/mol. The van der Waals surface area contributed by atoms with Crippen molar-refractivity contribution in [2.45, 2.75) is 19.8 Å². The summed E-state index contributed by atoms with van der Waals surface area (Å²) in [6.45, 7) is 2.36. The number of halogens is 2. The molecule has 29 heavy (non-hydrogen) atoms. The number of carbonyl (C=O) groups is 3. The van der Waals surface area contributed by atoms with E-state index in [1.165, 1.54) is 24.3 Å². The van der Waals surface area contributed by atoms with E-state index in [-0.39, 0.29) is 10.7 Å². The topological polar surface area (TPSA) is 75.7 Å². The summed E-state index contributed by atoms with van der Waals surface area (Å²) in [7, 11) is 0. The summed E-state index contributed by atoms with van der Waals surface area (Å²) < 4.78 is 6.20. The van der Waals surface area contributed by atoms with Crippen molar-refractivity contribution < 1.29 is 19.1 Å². The van der Waals surface area contributed by atoms with Crippen molar-refractivity contribution in [2.24, 2.45) is 0 Å². The van der Waals surface area contributed by atoms with Gasteiger partial charge in [0, 0.05) is 9.26 Å². The van der Waals surface area contributed by atoms with E-state index in [0.717, 1.165) is 21.3 Å². The van der Waals surface area contributed by atoms with Gasteiger partial charge in [-0.25, -0.2) is 9.69 Å². The van der Waals surface area contributed by atoms with Crippen LogP contribution in [0.5, 0.6) is 0 Å². The third-order valence-electron chi connectivity index (χ3n) is 4.23. The molecule has 0 atom stereocenters. The second-order valence-corrected chi connectivity index (χ2v) is 7.93. The number of nitrogens with one attached hydrogen (secondary N) is 1. The molecule has 0 aliphatic carbocycles. The molecule has 2 aromatic carbocycles. The Labute approximate surface area is 187 Å². The summed E-state index contributed by atoms with van der Waals surface area (Å²) in [5.74, 6) is -1.62. The van der Waals surface area contributed by atoms with Crippen molar-refractivity contribution >= 4 is 63.4 Å². The Morgan fingerprint density at radius 1 is 1.07 bits per heavy atom. The molecular formula is C21H18ClIN2O4. The highest BCUT2D eigenvalue weighted by molar-refractivity contribution is 14.1. The van der Waals surface area contributed by atoms with E-state index < -0.39 is 17.8 Å². The molecule has 3 rings (SSSR count). The monoisotopic (exact) mass is 524 g/mol. The molecule has 0 radical (unpaired) electrons. The van der Waals surface area contributed by atoms with Crippen LogP contribution in [-0.4, -0.2) is 24.4 Å². The van der Waals surface area contributed by atoms with Crippen LogP contribution in [-0.2, 0) is 14.3 Å². The molecule has 0 fully saturated rings. The minimum absolute atomic E-state index is 0.0147. The Hall–Kier alpha value is -2.39. The Balaban J connectivity index is 1.75. The zero-order valence-corrected chi connectivity index (χ0v) is 18.5. The number of hydrogen-bond donors (Lipinski definition) is 1. The molecule has 0 bridgehead atoms. The lowest BCUT2D eigenvalue weighted by molar-refractivity contribution is -0.120. The standard InChI is InChI=1S/C21H18ClIN2O4/c1-2-3-12-29-21(28)13-4-10-16(11-5-13)25-19(26)17(22)18(20(25)27)24-15-8-6-14(23)7-9-15/h4-11,24H,2-3,12H2,1H3. The van der Waals surface area contributed by atoms with Gasteiger partial charge in [0.2, 0.25) is 0 Å². The number of hydrogen-bond acceptors (Lipinski definition) is 5. The van der Waals surface area contributed by atoms with Crippen LogP contribution in [0.15, 0.2) is 59.3 Å². The highest BCUT2D eigenvalue weighted by Gasteiger charge is 2.39. The zero-order valence-electron chi connectivity index (χ0n) is 15.6. The molecule has 1 heterocycles. The molecule has 0 spiro atoms. The largest absolute Gasteiger partial charge is 0.462 e. The molecule has 0 aromatic heterocycles. The maximum absolute atomic E-state index is 12.8. The first-order valence-corrected chi connectivity index (χ1v) is 10.5. The van der Waals surface area contributed by atoms with E-state index in [2.05, 4.69) is 27.9 Å². The van der Waals surface area contributed by atoms with Crippen LogP contribution in [0, 0.1) is 3.57 Å². The lowest BCUT2D eigenvalue weighted by Gasteiger charge is -2.15. The number of unbranched alkanes of at least 4 members (excludes halogenated alkanes) is 1. The van der Waals surface area contributed by atoms with E-state index >= 15 is 0 Å².